The van der Waals surface area contributed by atoms with Crippen LogP contribution in [0.25, 0.3) is 0 Å². The lowest BCUT2D eigenvalue weighted by Crippen LogP contribution is -2.28. The summed E-state index contributed by atoms with van der Waals surface area (Å²) < 4.78 is 5.66. The number of anilines is 1. The predicted molar refractivity (Wildman–Crippen MR) is 47.6 cm³/mol. The van der Waals surface area contributed by atoms with E-state index in [0.717, 1.165) is 23.5 Å². The summed E-state index contributed by atoms with van der Waals surface area (Å²) in [6.45, 7) is 4.92. The minimum atomic E-state index is 0.249. The van der Waals surface area contributed by atoms with E-state index in [1.54, 1.807) is 6.20 Å². The number of fused-ring (bicyclic) bond motifs is 1. The van der Waals surface area contributed by atoms with E-state index in [-0.39, 0.29) is 6.10 Å². The van der Waals surface area contributed by atoms with Crippen LogP contribution < -0.4 is 10.1 Å². The zero-order chi connectivity index (χ0) is 8.55. The number of pyridine rings is 1. The highest BCUT2D eigenvalue weighted by Crippen LogP contribution is 2.30. The summed E-state index contributed by atoms with van der Waals surface area (Å²) in [5, 5.41) is 3.27. The van der Waals surface area contributed by atoms with Crippen LogP contribution in [0, 0.1) is 6.92 Å². The van der Waals surface area contributed by atoms with Gasteiger partial charge in [-0.15, -0.1) is 0 Å². The highest BCUT2D eigenvalue weighted by Gasteiger charge is 2.16. The zero-order valence-corrected chi connectivity index (χ0v) is 7.29. The van der Waals surface area contributed by atoms with E-state index in [0.29, 0.717) is 0 Å². The molecule has 1 aromatic rings. The summed E-state index contributed by atoms with van der Waals surface area (Å²) in [7, 11) is 0. The second-order valence-corrected chi connectivity index (χ2v) is 3.14. The summed E-state index contributed by atoms with van der Waals surface area (Å²) in [6.07, 6.45) is 3.87. The second kappa shape index (κ2) is 2.66. The Hall–Kier alpha value is -1.25. The first-order valence-corrected chi connectivity index (χ1v) is 4.12. The Labute approximate surface area is 71.8 Å². The molecule has 3 nitrogen and oxygen atoms in total. The van der Waals surface area contributed by atoms with Crippen LogP contribution in [0.5, 0.6) is 5.75 Å². The van der Waals surface area contributed by atoms with Crippen molar-refractivity contribution in [3.63, 3.8) is 0 Å². The Balaban J connectivity index is 2.43. The number of nitrogens with zero attached hydrogens (tertiary/aromatic N) is 1. The number of nitrogens with one attached hydrogen (secondary N) is 1. The van der Waals surface area contributed by atoms with Gasteiger partial charge in [-0.05, 0) is 13.8 Å². The van der Waals surface area contributed by atoms with Crippen molar-refractivity contribution in [1.29, 1.82) is 0 Å². The Bertz CT molecular complexity index is 299. The maximum absolute atomic E-state index is 5.66. The Morgan fingerprint density at radius 3 is 3.25 bits per heavy atom. The molecule has 0 fully saturated rings. The lowest BCUT2D eigenvalue weighted by molar-refractivity contribution is 0.224. The van der Waals surface area contributed by atoms with E-state index in [4.69, 9.17) is 4.74 Å². The standard InChI is InChI=1S/C9H12N2O/c1-6-3-10-5-8-9(6)12-7(2)4-11-8/h3,5,7,11H,4H2,1-2H3. The smallest absolute Gasteiger partial charge is 0.148 e. The summed E-state index contributed by atoms with van der Waals surface area (Å²) >= 11 is 0. The molecule has 1 aliphatic heterocycles. The van der Waals surface area contributed by atoms with E-state index >= 15 is 0 Å². The monoisotopic (exact) mass is 164 g/mol. The number of rotatable bonds is 0. The average Bonchev–Trinajstić information content (AvgIpc) is 2.07. The molecule has 0 saturated heterocycles. The van der Waals surface area contributed by atoms with Crippen molar-refractivity contribution >= 4 is 5.69 Å². The van der Waals surface area contributed by atoms with Crippen molar-refractivity contribution in [3.05, 3.63) is 18.0 Å². The van der Waals surface area contributed by atoms with Crippen molar-refractivity contribution in [2.24, 2.45) is 0 Å². The van der Waals surface area contributed by atoms with Crippen LogP contribution >= 0.6 is 0 Å². The number of hydrogen-bond donors (Lipinski definition) is 1. The number of aromatic nitrogens is 1. The van der Waals surface area contributed by atoms with Gasteiger partial charge < -0.3 is 10.1 Å². The third-order valence-electron chi connectivity index (χ3n) is 1.97. The molecule has 1 N–H and O–H groups in total. The zero-order valence-electron chi connectivity index (χ0n) is 7.29. The summed E-state index contributed by atoms with van der Waals surface area (Å²) in [4.78, 5) is 4.08. The van der Waals surface area contributed by atoms with Crippen molar-refractivity contribution in [3.8, 4) is 5.75 Å². The van der Waals surface area contributed by atoms with Gasteiger partial charge in [0.25, 0.3) is 0 Å². The Morgan fingerprint density at radius 1 is 1.58 bits per heavy atom. The first kappa shape index (κ1) is 7.40. The maximum atomic E-state index is 5.66. The fourth-order valence-corrected chi connectivity index (χ4v) is 1.33. The lowest BCUT2D eigenvalue weighted by Gasteiger charge is -2.25. The van der Waals surface area contributed by atoms with E-state index in [9.17, 15) is 0 Å². The Kier molecular flexibility index (Phi) is 1.64. The van der Waals surface area contributed by atoms with Crippen molar-refractivity contribution in [1.82, 2.24) is 4.98 Å². The molecule has 0 amide bonds. The van der Waals surface area contributed by atoms with E-state index in [1.165, 1.54) is 0 Å². The van der Waals surface area contributed by atoms with E-state index < -0.39 is 0 Å². The van der Waals surface area contributed by atoms with Gasteiger partial charge in [0.2, 0.25) is 0 Å². The normalized spacial score (nSPS) is 20.7. The average molecular weight is 164 g/mol. The second-order valence-electron chi connectivity index (χ2n) is 3.14. The minimum Gasteiger partial charge on any atom is -0.486 e. The van der Waals surface area contributed by atoms with Crippen molar-refractivity contribution in [2.75, 3.05) is 11.9 Å². The molecule has 0 aliphatic carbocycles. The largest absolute Gasteiger partial charge is 0.486 e. The molecular formula is C9H12N2O. The molecule has 3 heteroatoms. The van der Waals surface area contributed by atoms with Gasteiger partial charge in [-0.1, -0.05) is 0 Å². The fraction of sp³-hybridized carbons (Fsp3) is 0.444. The van der Waals surface area contributed by atoms with Crippen molar-refractivity contribution < 1.29 is 4.74 Å². The highest BCUT2D eigenvalue weighted by atomic mass is 16.5. The van der Waals surface area contributed by atoms with E-state index in [1.807, 2.05) is 13.1 Å². The van der Waals surface area contributed by atoms with Crippen LogP contribution in [0.15, 0.2) is 12.4 Å². The van der Waals surface area contributed by atoms with Gasteiger partial charge in [0.05, 0.1) is 18.4 Å². The molecule has 1 atom stereocenters. The quantitative estimate of drug-likeness (QED) is 0.632. The number of hydrogen-bond acceptors (Lipinski definition) is 3. The molecule has 0 saturated carbocycles. The summed E-state index contributed by atoms with van der Waals surface area (Å²) in [5.41, 5.74) is 2.10. The molecule has 1 aromatic heterocycles. The number of ether oxygens (including phenoxy) is 1. The van der Waals surface area contributed by atoms with Crippen LogP contribution in [0.4, 0.5) is 5.69 Å². The van der Waals surface area contributed by atoms with Crippen LogP contribution in [0.3, 0.4) is 0 Å². The van der Waals surface area contributed by atoms with Gasteiger partial charge in [-0.2, -0.15) is 0 Å². The van der Waals surface area contributed by atoms with Crippen LogP contribution in [0.2, 0.25) is 0 Å². The molecule has 12 heavy (non-hydrogen) atoms. The molecule has 64 valence electrons. The minimum absolute atomic E-state index is 0.249. The third-order valence-corrected chi connectivity index (χ3v) is 1.97. The van der Waals surface area contributed by atoms with Crippen LogP contribution in [0.1, 0.15) is 12.5 Å². The van der Waals surface area contributed by atoms with Gasteiger partial charge in [0.1, 0.15) is 11.9 Å². The van der Waals surface area contributed by atoms with Gasteiger partial charge >= 0.3 is 0 Å². The van der Waals surface area contributed by atoms with Gasteiger partial charge in [-0.3, -0.25) is 4.98 Å². The molecule has 0 bridgehead atoms. The molecular weight excluding hydrogens is 152 g/mol. The molecule has 2 rings (SSSR count). The lowest BCUT2D eigenvalue weighted by atomic mass is 10.2. The van der Waals surface area contributed by atoms with Crippen LogP contribution in [-0.2, 0) is 0 Å². The van der Waals surface area contributed by atoms with Crippen molar-refractivity contribution in [2.45, 2.75) is 20.0 Å². The van der Waals surface area contributed by atoms with Gasteiger partial charge in [-0.25, -0.2) is 0 Å². The molecule has 1 aliphatic rings. The molecule has 0 aromatic carbocycles. The number of aryl methyl sites for hydroxylation is 1. The molecule has 1 unspecified atom stereocenters. The predicted octanol–water partition coefficient (Wildman–Crippen LogP) is 1.58. The SMILES string of the molecule is Cc1cncc2c1OC(C)CN2. The summed E-state index contributed by atoms with van der Waals surface area (Å²) in [5.74, 6) is 0.948. The molecule has 2 heterocycles. The first-order valence-electron chi connectivity index (χ1n) is 4.12. The first-order chi connectivity index (χ1) is 5.77. The van der Waals surface area contributed by atoms with E-state index in [2.05, 4.69) is 17.2 Å². The van der Waals surface area contributed by atoms with Gasteiger partial charge in [0.15, 0.2) is 0 Å². The maximum Gasteiger partial charge on any atom is 0.148 e. The van der Waals surface area contributed by atoms with Gasteiger partial charge in [0, 0.05) is 11.8 Å². The molecule has 0 radical (unpaired) electrons. The van der Waals surface area contributed by atoms with Crippen LogP contribution in [-0.4, -0.2) is 17.6 Å². The Morgan fingerprint density at radius 2 is 2.42 bits per heavy atom. The fourth-order valence-electron chi connectivity index (χ4n) is 1.33. The highest BCUT2D eigenvalue weighted by molar-refractivity contribution is 5.59. The summed E-state index contributed by atoms with van der Waals surface area (Å²) in [6, 6.07) is 0. The topological polar surface area (TPSA) is 34.1 Å². The molecule has 0 spiro atoms. The third kappa shape index (κ3) is 1.11.